The minimum atomic E-state index is -0.212. The van der Waals surface area contributed by atoms with Crippen molar-refractivity contribution in [2.45, 2.75) is 32.2 Å². The quantitative estimate of drug-likeness (QED) is 0.906. The lowest BCUT2D eigenvalue weighted by Crippen LogP contribution is -2.41. The van der Waals surface area contributed by atoms with Crippen molar-refractivity contribution < 1.29 is 9.18 Å². The van der Waals surface area contributed by atoms with Crippen LogP contribution in [0.15, 0.2) is 24.3 Å². The van der Waals surface area contributed by atoms with E-state index in [-0.39, 0.29) is 30.0 Å². The third kappa shape index (κ3) is 4.97. The van der Waals surface area contributed by atoms with Crippen molar-refractivity contribution >= 4 is 18.3 Å². The summed E-state index contributed by atoms with van der Waals surface area (Å²) in [4.78, 5) is 14.2. The number of aryl methyl sites for hydroxylation is 1. The maximum absolute atomic E-state index is 13.1. The summed E-state index contributed by atoms with van der Waals surface area (Å²) in [5.74, 6) is -0.0467. The number of nitrogens with one attached hydrogen (secondary N) is 1. The van der Waals surface area contributed by atoms with Gasteiger partial charge >= 0.3 is 0 Å². The van der Waals surface area contributed by atoms with Crippen molar-refractivity contribution in [3.05, 3.63) is 35.6 Å². The van der Waals surface area contributed by atoms with Crippen LogP contribution in [0.2, 0.25) is 0 Å². The molecule has 5 heteroatoms. The molecular weight excluding hydrogens is 291 g/mol. The molecular formula is C16H24ClFN2O. The first kappa shape index (κ1) is 17.9. The van der Waals surface area contributed by atoms with Crippen molar-refractivity contribution in [2.75, 3.05) is 20.1 Å². The van der Waals surface area contributed by atoms with Crippen LogP contribution >= 0.6 is 12.4 Å². The highest BCUT2D eigenvalue weighted by molar-refractivity contribution is 5.85. The second-order valence-electron chi connectivity index (χ2n) is 5.67. The van der Waals surface area contributed by atoms with Crippen LogP contribution in [0.25, 0.3) is 0 Å². The van der Waals surface area contributed by atoms with Gasteiger partial charge in [0, 0.05) is 25.6 Å². The van der Waals surface area contributed by atoms with Crippen LogP contribution in [0, 0.1) is 11.7 Å². The number of hydrogen-bond acceptors (Lipinski definition) is 2. The summed E-state index contributed by atoms with van der Waals surface area (Å²) in [6.45, 7) is 3.83. The topological polar surface area (TPSA) is 32.3 Å². The van der Waals surface area contributed by atoms with E-state index in [9.17, 15) is 9.18 Å². The first-order valence-corrected chi connectivity index (χ1v) is 7.29. The van der Waals surface area contributed by atoms with Crippen molar-refractivity contribution in [1.82, 2.24) is 10.2 Å². The number of rotatable bonds is 5. The lowest BCUT2D eigenvalue weighted by Gasteiger charge is -2.26. The molecule has 2 rings (SSSR count). The number of benzene rings is 1. The number of nitrogens with zero attached hydrogens (tertiary/aromatic N) is 1. The lowest BCUT2D eigenvalue weighted by atomic mass is 9.99. The number of hydrogen-bond donors (Lipinski definition) is 1. The number of carbonyl (C=O) groups is 1. The average molecular weight is 315 g/mol. The number of amides is 1. The molecule has 1 saturated heterocycles. The van der Waals surface area contributed by atoms with Crippen molar-refractivity contribution in [1.29, 1.82) is 0 Å². The molecule has 2 atom stereocenters. The fourth-order valence-electron chi connectivity index (χ4n) is 2.70. The number of halogens is 2. The molecule has 21 heavy (non-hydrogen) atoms. The normalized spacial score (nSPS) is 18.9. The summed E-state index contributed by atoms with van der Waals surface area (Å²) in [5.41, 5.74) is 0.954. The second kappa shape index (κ2) is 8.35. The SMILES string of the molecule is CC(CCc1cccc(F)c1)C(=O)N(C)C1CCNC1.Cl. The zero-order chi connectivity index (χ0) is 14.5. The highest BCUT2D eigenvalue weighted by Gasteiger charge is 2.26. The smallest absolute Gasteiger partial charge is 0.225 e. The Kier molecular flexibility index (Phi) is 7.12. The van der Waals surface area contributed by atoms with Gasteiger partial charge in [-0.2, -0.15) is 0 Å². The molecule has 1 amide bonds. The summed E-state index contributed by atoms with van der Waals surface area (Å²) < 4.78 is 13.1. The Morgan fingerprint density at radius 2 is 2.29 bits per heavy atom. The maximum Gasteiger partial charge on any atom is 0.225 e. The van der Waals surface area contributed by atoms with Gasteiger partial charge in [-0.05, 0) is 43.5 Å². The molecule has 118 valence electrons. The van der Waals surface area contributed by atoms with Gasteiger partial charge in [-0.3, -0.25) is 4.79 Å². The van der Waals surface area contributed by atoms with Gasteiger partial charge in [0.05, 0.1) is 0 Å². The molecule has 1 heterocycles. The molecule has 1 aromatic rings. The minimum Gasteiger partial charge on any atom is -0.341 e. The van der Waals surface area contributed by atoms with E-state index in [4.69, 9.17) is 0 Å². The predicted octanol–water partition coefficient (Wildman–Crippen LogP) is 2.64. The van der Waals surface area contributed by atoms with E-state index in [1.807, 2.05) is 24.9 Å². The summed E-state index contributed by atoms with van der Waals surface area (Å²) in [6, 6.07) is 6.93. The molecule has 0 saturated carbocycles. The molecule has 1 N–H and O–H groups in total. The van der Waals surface area contributed by atoms with Crippen LogP contribution < -0.4 is 5.32 Å². The van der Waals surface area contributed by atoms with Crippen LogP contribution in [0.4, 0.5) is 4.39 Å². The second-order valence-corrected chi connectivity index (χ2v) is 5.67. The van der Waals surface area contributed by atoms with Gasteiger partial charge in [-0.15, -0.1) is 12.4 Å². The van der Waals surface area contributed by atoms with E-state index in [0.29, 0.717) is 6.04 Å². The summed E-state index contributed by atoms with van der Waals surface area (Å²) in [5, 5.41) is 3.28. The predicted molar refractivity (Wildman–Crippen MR) is 85.2 cm³/mol. The fourth-order valence-corrected chi connectivity index (χ4v) is 2.70. The van der Waals surface area contributed by atoms with Crippen LogP contribution in [-0.4, -0.2) is 37.0 Å². The van der Waals surface area contributed by atoms with Crippen LogP contribution in [0.1, 0.15) is 25.3 Å². The zero-order valence-electron chi connectivity index (χ0n) is 12.6. The van der Waals surface area contributed by atoms with Crippen LogP contribution in [0.3, 0.4) is 0 Å². The Morgan fingerprint density at radius 1 is 1.52 bits per heavy atom. The molecule has 3 nitrogen and oxygen atoms in total. The molecule has 1 aliphatic rings. The number of likely N-dealkylation sites (N-methyl/N-ethyl adjacent to an activating group) is 1. The third-order valence-corrected chi connectivity index (χ3v) is 4.11. The van der Waals surface area contributed by atoms with E-state index < -0.39 is 0 Å². The van der Waals surface area contributed by atoms with Gasteiger partial charge in [0.15, 0.2) is 0 Å². The third-order valence-electron chi connectivity index (χ3n) is 4.11. The summed E-state index contributed by atoms with van der Waals surface area (Å²) >= 11 is 0. The molecule has 0 bridgehead atoms. The van der Waals surface area contributed by atoms with E-state index in [1.54, 1.807) is 12.1 Å². The Labute approximate surface area is 132 Å². The molecule has 1 aromatic carbocycles. The molecule has 0 aliphatic carbocycles. The monoisotopic (exact) mass is 314 g/mol. The Bertz CT molecular complexity index is 463. The van der Waals surface area contributed by atoms with E-state index >= 15 is 0 Å². The fraction of sp³-hybridized carbons (Fsp3) is 0.562. The van der Waals surface area contributed by atoms with E-state index in [0.717, 1.165) is 37.9 Å². The highest BCUT2D eigenvalue weighted by Crippen LogP contribution is 2.16. The molecule has 0 aromatic heterocycles. The van der Waals surface area contributed by atoms with Gasteiger partial charge in [0.2, 0.25) is 5.91 Å². The van der Waals surface area contributed by atoms with Gasteiger partial charge < -0.3 is 10.2 Å². The summed E-state index contributed by atoms with van der Waals surface area (Å²) in [7, 11) is 1.89. The highest BCUT2D eigenvalue weighted by atomic mass is 35.5. The minimum absolute atomic E-state index is 0. The first-order chi connectivity index (χ1) is 9.58. The summed E-state index contributed by atoms with van der Waals surface area (Å²) in [6.07, 6.45) is 2.52. The van der Waals surface area contributed by atoms with Gasteiger partial charge in [0.1, 0.15) is 5.82 Å². The average Bonchev–Trinajstić information content (AvgIpc) is 2.97. The van der Waals surface area contributed by atoms with Gasteiger partial charge in [0.25, 0.3) is 0 Å². The van der Waals surface area contributed by atoms with Gasteiger partial charge in [-0.25, -0.2) is 4.39 Å². The van der Waals surface area contributed by atoms with Crippen molar-refractivity contribution in [3.8, 4) is 0 Å². The maximum atomic E-state index is 13.1. The Balaban J connectivity index is 0.00000220. The largest absolute Gasteiger partial charge is 0.341 e. The van der Waals surface area contributed by atoms with Crippen molar-refractivity contribution in [3.63, 3.8) is 0 Å². The molecule has 1 fully saturated rings. The zero-order valence-corrected chi connectivity index (χ0v) is 13.5. The molecule has 0 radical (unpaired) electrons. The van der Waals surface area contributed by atoms with E-state index in [1.165, 1.54) is 6.07 Å². The lowest BCUT2D eigenvalue weighted by molar-refractivity contribution is -0.135. The molecule has 0 spiro atoms. The van der Waals surface area contributed by atoms with Crippen LogP contribution in [-0.2, 0) is 11.2 Å². The van der Waals surface area contributed by atoms with Gasteiger partial charge in [-0.1, -0.05) is 19.1 Å². The van der Waals surface area contributed by atoms with Crippen molar-refractivity contribution in [2.24, 2.45) is 5.92 Å². The molecule has 2 unspecified atom stereocenters. The first-order valence-electron chi connectivity index (χ1n) is 7.29. The van der Waals surface area contributed by atoms with E-state index in [2.05, 4.69) is 5.32 Å². The Morgan fingerprint density at radius 3 is 2.90 bits per heavy atom. The standard InChI is InChI=1S/C16H23FN2O.ClH/c1-12(6-7-13-4-3-5-14(17)10-13)16(20)19(2)15-8-9-18-11-15;/h3-5,10,12,15,18H,6-9,11H2,1-2H3;1H. The molecule has 1 aliphatic heterocycles. The Hall–Kier alpha value is -1.13. The van der Waals surface area contributed by atoms with Crippen LogP contribution in [0.5, 0.6) is 0 Å². The number of carbonyl (C=O) groups excluding carboxylic acids is 1.